The predicted octanol–water partition coefficient (Wildman–Crippen LogP) is 4.10. The van der Waals surface area contributed by atoms with Crippen molar-refractivity contribution in [2.45, 2.75) is 6.92 Å². The van der Waals surface area contributed by atoms with Crippen molar-refractivity contribution < 1.29 is 18.9 Å². The van der Waals surface area contributed by atoms with Crippen LogP contribution in [0.4, 0.5) is 0 Å². The second kappa shape index (κ2) is 8.98. The number of benzene rings is 2. The summed E-state index contributed by atoms with van der Waals surface area (Å²) < 4.78 is 20.6. The summed E-state index contributed by atoms with van der Waals surface area (Å²) in [6.45, 7) is 2.53. The van der Waals surface area contributed by atoms with E-state index in [0.717, 1.165) is 28.2 Å². The summed E-state index contributed by atoms with van der Waals surface area (Å²) in [7, 11) is 3.21. The van der Waals surface area contributed by atoms with Gasteiger partial charge in [-0.1, -0.05) is 30.3 Å². The summed E-state index contributed by atoms with van der Waals surface area (Å²) in [5.74, 6) is 1.57. The maximum atomic E-state index is 5.41. The summed E-state index contributed by atoms with van der Waals surface area (Å²) in [4.78, 5) is 0. The van der Waals surface area contributed by atoms with Crippen LogP contribution >= 0.6 is 0 Å². The summed E-state index contributed by atoms with van der Waals surface area (Å²) >= 11 is 0. The average molecular weight is 314 g/mol. The second-order valence-corrected chi connectivity index (χ2v) is 4.85. The van der Waals surface area contributed by atoms with Crippen LogP contribution in [0.3, 0.4) is 0 Å². The molecule has 4 heteroatoms. The quantitative estimate of drug-likeness (QED) is 0.687. The number of ether oxygens (including phenoxy) is 4. The molecule has 0 unspecified atom stereocenters. The first-order chi connectivity index (χ1) is 11.3. The SMILES string of the molecule is CC=C(c1ccc(OCOC)cc1)c1ccc(OCOC)cc1. The van der Waals surface area contributed by atoms with Gasteiger partial charge in [0.05, 0.1) is 0 Å². The van der Waals surface area contributed by atoms with Crippen molar-refractivity contribution in [3.8, 4) is 11.5 Å². The van der Waals surface area contributed by atoms with E-state index in [1.54, 1.807) is 14.2 Å². The molecule has 4 nitrogen and oxygen atoms in total. The minimum Gasteiger partial charge on any atom is -0.468 e. The highest BCUT2D eigenvalue weighted by Gasteiger charge is 2.05. The molecule has 2 rings (SSSR count). The minimum atomic E-state index is 0.249. The highest BCUT2D eigenvalue weighted by Crippen LogP contribution is 2.26. The normalized spacial score (nSPS) is 10.2. The molecule has 0 saturated carbocycles. The monoisotopic (exact) mass is 314 g/mol. The third kappa shape index (κ3) is 4.84. The first-order valence-corrected chi connectivity index (χ1v) is 7.39. The number of hydrogen-bond donors (Lipinski definition) is 0. The Morgan fingerprint density at radius 2 is 1.13 bits per heavy atom. The molecule has 0 aromatic heterocycles. The van der Waals surface area contributed by atoms with Crippen LogP contribution in [0.2, 0.25) is 0 Å². The Morgan fingerprint density at radius 3 is 1.43 bits per heavy atom. The molecular weight excluding hydrogens is 292 g/mol. The predicted molar refractivity (Wildman–Crippen MR) is 90.6 cm³/mol. The van der Waals surface area contributed by atoms with E-state index in [9.17, 15) is 0 Å². The van der Waals surface area contributed by atoms with Crippen LogP contribution in [0.15, 0.2) is 54.6 Å². The van der Waals surface area contributed by atoms with E-state index in [1.165, 1.54) is 0 Å². The van der Waals surface area contributed by atoms with E-state index in [0.29, 0.717) is 0 Å². The maximum Gasteiger partial charge on any atom is 0.188 e. The third-order valence-electron chi connectivity index (χ3n) is 3.31. The van der Waals surface area contributed by atoms with E-state index in [1.807, 2.05) is 55.5 Å². The molecule has 0 heterocycles. The minimum absolute atomic E-state index is 0.249. The van der Waals surface area contributed by atoms with Gasteiger partial charge in [0.25, 0.3) is 0 Å². The molecule has 23 heavy (non-hydrogen) atoms. The molecule has 0 spiro atoms. The number of methoxy groups -OCH3 is 2. The Hall–Kier alpha value is -2.30. The standard InChI is InChI=1S/C19H22O4/c1-4-19(15-5-9-17(10-6-15)22-13-20-2)16-7-11-18(12-8-16)23-14-21-3/h4-12H,13-14H2,1-3H3. The zero-order valence-electron chi connectivity index (χ0n) is 13.7. The number of allylic oxidation sites excluding steroid dienone is 1. The Balaban J connectivity index is 2.13. The van der Waals surface area contributed by atoms with Gasteiger partial charge in [0, 0.05) is 14.2 Å². The van der Waals surface area contributed by atoms with Gasteiger partial charge in [0.2, 0.25) is 0 Å². The molecule has 0 atom stereocenters. The topological polar surface area (TPSA) is 36.9 Å². The van der Waals surface area contributed by atoms with Gasteiger partial charge >= 0.3 is 0 Å². The maximum absolute atomic E-state index is 5.41. The summed E-state index contributed by atoms with van der Waals surface area (Å²) in [6, 6.07) is 15.9. The molecule has 0 saturated heterocycles. The van der Waals surface area contributed by atoms with Gasteiger partial charge in [0.1, 0.15) is 11.5 Å². The van der Waals surface area contributed by atoms with Crippen molar-refractivity contribution >= 4 is 5.57 Å². The summed E-state index contributed by atoms with van der Waals surface area (Å²) in [6.07, 6.45) is 2.09. The fourth-order valence-electron chi connectivity index (χ4n) is 2.22. The smallest absolute Gasteiger partial charge is 0.188 e. The third-order valence-corrected chi connectivity index (χ3v) is 3.31. The lowest BCUT2D eigenvalue weighted by atomic mass is 9.98. The van der Waals surface area contributed by atoms with Crippen molar-refractivity contribution in [1.82, 2.24) is 0 Å². The molecule has 0 aliphatic heterocycles. The van der Waals surface area contributed by atoms with Crippen molar-refractivity contribution in [3.63, 3.8) is 0 Å². The van der Waals surface area contributed by atoms with E-state index in [4.69, 9.17) is 18.9 Å². The largest absolute Gasteiger partial charge is 0.468 e. The van der Waals surface area contributed by atoms with Gasteiger partial charge in [-0.15, -0.1) is 0 Å². The van der Waals surface area contributed by atoms with Crippen molar-refractivity contribution in [1.29, 1.82) is 0 Å². The Bertz CT molecular complexity index is 561. The van der Waals surface area contributed by atoms with Gasteiger partial charge in [-0.05, 0) is 47.9 Å². The van der Waals surface area contributed by atoms with Crippen molar-refractivity contribution in [3.05, 3.63) is 65.7 Å². The van der Waals surface area contributed by atoms with E-state index < -0.39 is 0 Å². The molecule has 0 amide bonds. The molecule has 0 bridgehead atoms. The second-order valence-electron chi connectivity index (χ2n) is 4.85. The van der Waals surface area contributed by atoms with Crippen LogP contribution in [-0.2, 0) is 9.47 Å². The van der Waals surface area contributed by atoms with Gasteiger partial charge < -0.3 is 18.9 Å². The lowest BCUT2D eigenvalue weighted by molar-refractivity contribution is 0.0509. The van der Waals surface area contributed by atoms with E-state index >= 15 is 0 Å². The van der Waals surface area contributed by atoms with Gasteiger partial charge in [-0.25, -0.2) is 0 Å². The molecular formula is C19H22O4. The van der Waals surface area contributed by atoms with Crippen LogP contribution < -0.4 is 9.47 Å². The van der Waals surface area contributed by atoms with Crippen LogP contribution in [0.25, 0.3) is 5.57 Å². The molecule has 122 valence electrons. The Kier molecular flexibility index (Phi) is 6.66. The highest BCUT2D eigenvalue weighted by molar-refractivity contribution is 5.80. The van der Waals surface area contributed by atoms with Crippen LogP contribution in [0.1, 0.15) is 18.1 Å². The Labute approximate surface area is 137 Å². The first kappa shape index (κ1) is 17.1. The fourth-order valence-corrected chi connectivity index (χ4v) is 2.22. The molecule has 2 aromatic rings. The van der Waals surface area contributed by atoms with Crippen LogP contribution in [-0.4, -0.2) is 27.8 Å². The van der Waals surface area contributed by atoms with Crippen molar-refractivity contribution in [2.24, 2.45) is 0 Å². The van der Waals surface area contributed by atoms with Gasteiger partial charge in [0.15, 0.2) is 13.6 Å². The van der Waals surface area contributed by atoms with Gasteiger partial charge in [-0.3, -0.25) is 0 Å². The Morgan fingerprint density at radius 1 is 0.739 bits per heavy atom. The van der Waals surface area contributed by atoms with Crippen LogP contribution in [0.5, 0.6) is 11.5 Å². The molecule has 0 radical (unpaired) electrons. The van der Waals surface area contributed by atoms with E-state index in [-0.39, 0.29) is 13.6 Å². The lowest BCUT2D eigenvalue weighted by Crippen LogP contribution is -1.99. The van der Waals surface area contributed by atoms with Crippen LogP contribution in [0, 0.1) is 0 Å². The molecule has 0 fully saturated rings. The van der Waals surface area contributed by atoms with Crippen molar-refractivity contribution in [2.75, 3.05) is 27.8 Å². The first-order valence-electron chi connectivity index (χ1n) is 7.39. The highest BCUT2D eigenvalue weighted by atomic mass is 16.7. The fraction of sp³-hybridized carbons (Fsp3) is 0.263. The van der Waals surface area contributed by atoms with E-state index in [2.05, 4.69) is 6.08 Å². The lowest BCUT2D eigenvalue weighted by Gasteiger charge is -2.11. The molecule has 0 aliphatic carbocycles. The zero-order chi connectivity index (χ0) is 16.5. The summed E-state index contributed by atoms with van der Waals surface area (Å²) in [5, 5.41) is 0. The number of hydrogen-bond acceptors (Lipinski definition) is 4. The van der Waals surface area contributed by atoms with Gasteiger partial charge in [-0.2, -0.15) is 0 Å². The average Bonchev–Trinajstić information content (AvgIpc) is 2.61. The zero-order valence-corrected chi connectivity index (χ0v) is 13.7. The molecule has 0 N–H and O–H groups in total. The molecule has 0 aliphatic rings. The summed E-state index contributed by atoms with van der Waals surface area (Å²) in [5.41, 5.74) is 3.41. The molecule has 2 aromatic carbocycles. The number of rotatable bonds is 8.